The summed E-state index contributed by atoms with van der Waals surface area (Å²) in [5.74, 6) is 0. The molecule has 4 heteroatoms. The zero-order valence-corrected chi connectivity index (χ0v) is 9.01. The summed E-state index contributed by atoms with van der Waals surface area (Å²) in [7, 11) is 0. The molecule has 0 saturated heterocycles. The van der Waals surface area contributed by atoms with Crippen molar-refractivity contribution in [3.05, 3.63) is 28.8 Å². The SMILES string of the molecule is CCN(C=c1cccc2c1=NN=N2)CC. The van der Waals surface area contributed by atoms with Gasteiger partial charge in [0.15, 0.2) is 0 Å². The normalized spacial score (nSPS) is 13.9. The molecule has 4 nitrogen and oxygen atoms in total. The third-order valence-corrected chi connectivity index (χ3v) is 2.48. The number of rotatable bonds is 3. The molecule has 78 valence electrons. The van der Waals surface area contributed by atoms with Crippen LogP contribution in [0.25, 0.3) is 6.20 Å². The number of benzene rings is 1. The molecule has 1 aliphatic heterocycles. The van der Waals surface area contributed by atoms with E-state index in [-0.39, 0.29) is 0 Å². The second kappa shape index (κ2) is 4.21. The molecule has 0 aromatic heterocycles. The number of nitrogens with zero attached hydrogens (tertiary/aromatic N) is 4. The molecule has 0 amide bonds. The Hall–Kier alpha value is -1.71. The van der Waals surface area contributed by atoms with E-state index in [0.29, 0.717) is 0 Å². The molecule has 0 unspecified atom stereocenters. The molecule has 0 radical (unpaired) electrons. The lowest BCUT2D eigenvalue weighted by atomic mass is 10.2. The van der Waals surface area contributed by atoms with Crippen LogP contribution in [0.3, 0.4) is 0 Å². The Labute approximate surface area is 88.6 Å². The molecular formula is C11H14N4. The first-order valence-electron chi connectivity index (χ1n) is 5.18. The number of fused-ring (bicyclic) bond motifs is 1. The average molecular weight is 202 g/mol. The first kappa shape index (κ1) is 9.83. The van der Waals surface area contributed by atoms with Crippen molar-refractivity contribution in [1.29, 1.82) is 0 Å². The van der Waals surface area contributed by atoms with Gasteiger partial charge in [-0.25, -0.2) is 0 Å². The van der Waals surface area contributed by atoms with Crippen LogP contribution in [0.4, 0.5) is 5.69 Å². The summed E-state index contributed by atoms with van der Waals surface area (Å²) in [5, 5.41) is 13.6. The topological polar surface area (TPSA) is 40.3 Å². The minimum absolute atomic E-state index is 0.857. The minimum Gasteiger partial charge on any atom is -0.377 e. The summed E-state index contributed by atoms with van der Waals surface area (Å²) in [6.45, 7) is 6.26. The summed E-state index contributed by atoms with van der Waals surface area (Å²) in [5.41, 5.74) is 0.857. The maximum atomic E-state index is 4.02. The minimum atomic E-state index is 0.857. The predicted octanol–water partition coefficient (Wildman–Crippen LogP) is 1.40. The van der Waals surface area contributed by atoms with Gasteiger partial charge >= 0.3 is 0 Å². The summed E-state index contributed by atoms with van der Waals surface area (Å²) in [4.78, 5) is 2.23. The monoisotopic (exact) mass is 202 g/mol. The molecule has 15 heavy (non-hydrogen) atoms. The van der Waals surface area contributed by atoms with Crippen molar-refractivity contribution < 1.29 is 0 Å². The molecule has 1 aromatic carbocycles. The molecule has 0 spiro atoms. The van der Waals surface area contributed by atoms with E-state index in [4.69, 9.17) is 0 Å². The van der Waals surface area contributed by atoms with Crippen LogP contribution in [-0.2, 0) is 0 Å². The van der Waals surface area contributed by atoms with E-state index in [1.807, 2.05) is 18.2 Å². The Bertz CT molecular complexity index is 486. The van der Waals surface area contributed by atoms with Gasteiger partial charge in [-0.05, 0) is 25.1 Å². The molecular weight excluding hydrogens is 188 g/mol. The fourth-order valence-electron chi connectivity index (χ4n) is 1.56. The van der Waals surface area contributed by atoms with Crippen LogP contribution >= 0.6 is 0 Å². The maximum Gasteiger partial charge on any atom is 0.124 e. The van der Waals surface area contributed by atoms with Crippen molar-refractivity contribution in [2.45, 2.75) is 13.8 Å². The van der Waals surface area contributed by atoms with Crippen LogP contribution in [0, 0.1) is 0 Å². The van der Waals surface area contributed by atoms with Crippen molar-refractivity contribution in [2.24, 2.45) is 15.4 Å². The molecule has 0 aliphatic carbocycles. The Kier molecular flexibility index (Phi) is 2.76. The van der Waals surface area contributed by atoms with Crippen molar-refractivity contribution in [3.8, 4) is 0 Å². The Morgan fingerprint density at radius 2 is 2.07 bits per heavy atom. The van der Waals surface area contributed by atoms with E-state index in [2.05, 4.69) is 40.4 Å². The highest BCUT2D eigenvalue weighted by molar-refractivity contribution is 5.39. The third kappa shape index (κ3) is 1.88. The van der Waals surface area contributed by atoms with Gasteiger partial charge in [-0.2, -0.15) is 0 Å². The van der Waals surface area contributed by atoms with Crippen molar-refractivity contribution in [1.82, 2.24) is 4.90 Å². The molecule has 0 saturated carbocycles. The summed E-state index contributed by atoms with van der Waals surface area (Å²) in [6.07, 6.45) is 2.11. The lowest BCUT2D eigenvalue weighted by Crippen LogP contribution is -2.28. The summed E-state index contributed by atoms with van der Waals surface area (Å²) >= 11 is 0. The smallest absolute Gasteiger partial charge is 0.124 e. The summed E-state index contributed by atoms with van der Waals surface area (Å²) in [6, 6.07) is 5.94. The van der Waals surface area contributed by atoms with Gasteiger partial charge in [-0.3, -0.25) is 0 Å². The van der Waals surface area contributed by atoms with Gasteiger partial charge in [0.1, 0.15) is 11.0 Å². The van der Waals surface area contributed by atoms with Gasteiger partial charge in [0.05, 0.1) is 0 Å². The maximum absolute atomic E-state index is 4.02. The quantitative estimate of drug-likeness (QED) is 0.730. The van der Waals surface area contributed by atoms with E-state index in [9.17, 15) is 0 Å². The van der Waals surface area contributed by atoms with E-state index in [1.165, 1.54) is 0 Å². The van der Waals surface area contributed by atoms with E-state index < -0.39 is 0 Å². The molecule has 0 N–H and O–H groups in total. The van der Waals surface area contributed by atoms with Crippen LogP contribution in [0.5, 0.6) is 0 Å². The molecule has 1 aliphatic rings. The number of hydrogen-bond acceptors (Lipinski definition) is 4. The molecule has 1 aromatic rings. The fourth-order valence-corrected chi connectivity index (χ4v) is 1.56. The van der Waals surface area contributed by atoms with Crippen molar-refractivity contribution in [3.63, 3.8) is 0 Å². The lowest BCUT2D eigenvalue weighted by Gasteiger charge is -2.14. The van der Waals surface area contributed by atoms with E-state index >= 15 is 0 Å². The first-order chi connectivity index (χ1) is 7.35. The first-order valence-corrected chi connectivity index (χ1v) is 5.18. The Balaban J connectivity index is 2.51. The summed E-state index contributed by atoms with van der Waals surface area (Å²) < 4.78 is 0. The van der Waals surface area contributed by atoms with Gasteiger partial charge in [0.25, 0.3) is 0 Å². The van der Waals surface area contributed by atoms with E-state index in [0.717, 1.165) is 29.4 Å². The fraction of sp³-hybridized carbons (Fsp3) is 0.364. The molecule has 1 heterocycles. The van der Waals surface area contributed by atoms with Gasteiger partial charge in [-0.15, -0.1) is 10.2 Å². The number of hydrogen-bond donors (Lipinski definition) is 0. The molecule has 2 rings (SSSR count). The molecule has 0 atom stereocenters. The van der Waals surface area contributed by atoms with Crippen LogP contribution < -0.4 is 10.6 Å². The van der Waals surface area contributed by atoms with Gasteiger partial charge in [0.2, 0.25) is 0 Å². The third-order valence-electron chi connectivity index (χ3n) is 2.48. The van der Waals surface area contributed by atoms with Crippen LogP contribution in [0.15, 0.2) is 33.6 Å². The van der Waals surface area contributed by atoms with Gasteiger partial charge in [0, 0.05) is 24.5 Å². The highest BCUT2D eigenvalue weighted by atomic mass is 15.4. The molecule has 0 bridgehead atoms. The van der Waals surface area contributed by atoms with Crippen molar-refractivity contribution in [2.75, 3.05) is 13.1 Å². The van der Waals surface area contributed by atoms with Gasteiger partial charge in [-0.1, -0.05) is 12.1 Å². The molecule has 0 fully saturated rings. The second-order valence-electron chi connectivity index (χ2n) is 3.35. The van der Waals surface area contributed by atoms with Crippen molar-refractivity contribution >= 4 is 11.9 Å². The zero-order valence-electron chi connectivity index (χ0n) is 9.01. The zero-order chi connectivity index (χ0) is 10.7. The lowest BCUT2D eigenvalue weighted by molar-refractivity contribution is 0.457. The highest BCUT2D eigenvalue weighted by Gasteiger charge is 2.02. The van der Waals surface area contributed by atoms with Gasteiger partial charge < -0.3 is 4.90 Å². The average Bonchev–Trinajstić information content (AvgIpc) is 2.74. The predicted molar refractivity (Wildman–Crippen MR) is 59.1 cm³/mol. The van der Waals surface area contributed by atoms with Crippen LogP contribution in [-0.4, -0.2) is 18.0 Å². The Morgan fingerprint density at radius 1 is 1.27 bits per heavy atom. The van der Waals surface area contributed by atoms with Crippen LogP contribution in [0.2, 0.25) is 0 Å². The second-order valence-corrected chi connectivity index (χ2v) is 3.35. The van der Waals surface area contributed by atoms with Crippen LogP contribution in [0.1, 0.15) is 13.8 Å². The largest absolute Gasteiger partial charge is 0.377 e. The standard InChI is InChI=1S/C11H14N4/c1-3-15(4-2)8-9-6-5-7-10-11(9)13-14-12-10/h5-8H,3-4H2,1-2H3. The van der Waals surface area contributed by atoms with E-state index in [1.54, 1.807) is 0 Å². The Morgan fingerprint density at radius 3 is 2.80 bits per heavy atom. The highest BCUT2D eigenvalue weighted by Crippen LogP contribution is 2.06.